The van der Waals surface area contributed by atoms with E-state index < -0.39 is 0 Å². The lowest BCUT2D eigenvalue weighted by molar-refractivity contribution is 0.0445. The predicted molar refractivity (Wildman–Crippen MR) is 125 cm³/mol. The van der Waals surface area contributed by atoms with E-state index in [0.29, 0.717) is 17.2 Å². The maximum absolute atomic E-state index is 5.63. The van der Waals surface area contributed by atoms with Gasteiger partial charge in [0, 0.05) is 34.5 Å². The number of nitrogens with one attached hydrogen (secondary N) is 1. The molecule has 2 heterocycles. The summed E-state index contributed by atoms with van der Waals surface area (Å²) in [5.41, 5.74) is 2.44. The van der Waals surface area contributed by atoms with Gasteiger partial charge in [-0.25, -0.2) is 0 Å². The molecule has 2 bridgehead atoms. The van der Waals surface area contributed by atoms with Crippen LogP contribution in [0.15, 0.2) is 33.3 Å². The predicted octanol–water partition coefficient (Wildman–Crippen LogP) is 6.00. The standard InChI is InChI=1S/C26H33N5O2/c1-24(2,3)23-29-22(31-33-23)26-12-9-25(10-13-26,11-14-26)16-27-19-6-4-5-18(15-19)21-28-20(30-32-21)17-7-8-17/h4-6,15,17,27H,7-14,16H2,1-3H3. The smallest absolute Gasteiger partial charge is 0.258 e. The van der Waals surface area contributed by atoms with Crippen molar-refractivity contribution in [2.24, 2.45) is 5.41 Å². The first-order chi connectivity index (χ1) is 15.8. The Morgan fingerprint density at radius 3 is 2.39 bits per heavy atom. The number of hydrogen-bond donors (Lipinski definition) is 1. The van der Waals surface area contributed by atoms with Gasteiger partial charge in [0.2, 0.25) is 5.89 Å². The van der Waals surface area contributed by atoms with Crippen LogP contribution >= 0.6 is 0 Å². The number of aromatic nitrogens is 4. The quantitative estimate of drug-likeness (QED) is 0.496. The van der Waals surface area contributed by atoms with Crippen molar-refractivity contribution in [1.82, 2.24) is 20.3 Å². The molecular weight excluding hydrogens is 414 g/mol. The maximum atomic E-state index is 5.63. The highest BCUT2D eigenvalue weighted by Gasteiger charge is 2.51. The zero-order valence-electron chi connectivity index (χ0n) is 19.9. The van der Waals surface area contributed by atoms with Crippen molar-refractivity contribution in [3.05, 3.63) is 41.8 Å². The molecule has 7 heteroatoms. The molecule has 0 unspecified atom stereocenters. The van der Waals surface area contributed by atoms with Gasteiger partial charge in [0.15, 0.2) is 11.6 Å². The van der Waals surface area contributed by atoms with Crippen LogP contribution in [0.2, 0.25) is 0 Å². The van der Waals surface area contributed by atoms with Gasteiger partial charge in [0.1, 0.15) is 0 Å². The van der Waals surface area contributed by atoms with Crippen LogP contribution in [-0.4, -0.2) is 26.8 Å². The first-order valence-corrected chi connectivity index (χ1v) is 12.4. The topological polar surface area (TPSA) is 89.9 Å². The molecule has 1 aromatic carbocycles. The minimum atomic E-state index is -0.103. The number of anilines is 1. The molecule has 1 N–H and O–H groups in total. The molecule has 33 heavy (non-hydrogen) atoms. The Kier molecular flexibility index (Phi) is 4.68. The molecule has 0 saturated heterocycles. The molecule has 7 rings (SSSR count). The highest BCUT2D eigenvalue weighted by molar-refractivity contribution is 5.61. The summed E-state index contributed by atoms with van der Waals surface area (Å²) < 4.78 is 11.1. The molecule has 0 spiro atoms. The van der Waals surface area contributed by atoms with Crippen LogP contribution in [-0.2, 0) is 10.8 Å². The van der Waals surface area contributed by atoms with Crippen molar-refractivity contribution in [3.63, 3.8) is 0 Å². The minimum Gasteiger partial charge on any atom is -0.384 e. The maximum Gasteiger partial charge on any atom is 0.258 e. The van der Waals surface area contributed by atoms with Gasteiger partial charge in [0.05, 0.1) is 0 Å². The van der Waals surface area contributed by atoms with E-state index in [9.17, 15) is 0 Å². The first kappa shape index (κ1) is 20.9. The molecule has 3 aromatic rings. The highest BCUT2D eigenvalue weighted by Crippen LogP contribution is 2.57. The highest BCUT2D eigenvalue weighted by atomic mass is 16.5. The molecule has 0 aliphatic heterocycles. The zero-order valence-corrected chi connectivity index (χ0v) is 19.9. The summed E-state index contributed by atoms with van der Waals surface area (Å²) in [5.74, 6) is 3.66. The first-order valence-electron chi connectivity index (χ1n) is 12.4. The normalized spacial score (nSPS) is 27.1. The van der Waals surface area contributed by atoms with Gasteiger partial charge >= 0.3 is 0 Å². The average molecular weight is 448 g/mol. The lowest BCUT2D eigenvalue weighted by Gasteiger charge is -2.52. The molecular formula is C26H33N5O2. The summed E-state index contributed by atoms with van der Waals surface area (Å²) in [6.07, 6.45) is 9.38. The molecule has 4 aliphatic rings. The summed E-state index contributed by atoms with van der Waals surface area (Å²) in [6.45, 7) is 7.36. The van der Waals surface area contributed by atoms with E-state index >= 15 is 0 Å². The van der Waals surface area contributed by atoms with Gasteiger partial charge < -0.3 is 14.4 Å². The van der Waals surface area contributed by atoms with E-state index in [0.717, 1.165) is 54.6 Å². The Bertz CT molecular complexity index is 1130. The van der Waals surface area contributed by atoms with Crippen LogP contribution in [0.4, 0.5) is 5.69 Å². The molecule has 7 nitrogen and oxygen atoms in total. The Balaban J connectivity index is 1.11. The lowest BCUT2D eigenvalue weighted by atomic mass is 9.53. The SMILES string of the molecule is CC(C)(C)c1nc(C23CCC(CNc4cccc(-c5nc(C6CC6)no5)c4)(CC2)CC3)no1. The second kappa shape index (κ2) is 7.40. The number of rotatable bonds is 6. The largest absolute Gasteiger partial charge is 0.384 e. The van der Waals surface area contributed by atoms with Gasteiger partial charge in [-0.1, -0.05) is 37.2 Å². The monoisotopic (exact) mass is 447 g/mol. The Labute approximate surface area is 194 Å². The summed E-state index contributed by atoms with van der Waals surface area (Å²) in [5, 5.41) is 12.3. The number of fused-ring (bicyclic) bond motifs is 3. The second-order valence-corrected chi connectivity index (χ2v) is 11.6. The van der Waals surface area contributed by atoms with Gasteiger partial charge in [-0.05, 0) is 75.0 Å². The number of hydrogen-bond acceptors (Lipinski definition) is 7. The molecule has 0 radical (unpaired) electrons. The second-order valence-electron chi connectivity index (χ2n) is 11.6. The molecule has 174 valence electrons. The van der Waals surface area contributed by atoms with Crippen LogP contribution in [0.3, 0.4) is 0 Å². The van der Waals surface area contributed by atoms with Gasteiger partial charge in [0.25, 0.3) is 5.89 Å². The van der Waals surface area contributed by atoms with Gasteiger partial charge in [-0.2, -0.15) is 9.97 Å². The van der Waals surface area contributed by atoms with E-state index in [2.05, 4.69) is 59.6 Å². The summed E-state index contributed by atoms with van der Waals surface area (Å²) in [4.78, 5) is 9.43. The Morgan fingerprint density at radius 1 is 0.970 bits per heavy atom. The van der Waals surface area contributed by atoms with Crippen molar-refractivity contribution in [3.8, 4) is 11.5 Å². The van der Waals surface area contributed by atoms with Crippen molar-refractivity contribution in [2.45, 2.75) is 88.9 Å². The summed E-state index contributed by atoms with van der Waals surface area (Å²) in [6, 6.07) is 8.36. The zero-order chi connectivity index (χ0) is 22.7. The Hall–Kier alpha value is -2.70. The summed E-state index contributed by atoms with van der Waals surface area (Å²) >= 11 is 0. The third-order valence-corrected chi connectivity index (χ3v) is 8.10. The van der Waals surface area contributed by atoms with Crippen molar-refractivity contribution >= 4 is 5.69 Å². The molecule has 4 aliphatic carbocycles. The molecule has 4 fully saturated rings. The number of nitrogens with zero attached hydrogens (tertiary/aromatic N) is 4. The van der Waals surface area contributed by atoms with E-state index in [1.807, 2.05) is 6.07 Å². The van der Waals surface area contributed by atoms with E-state index in [1.54, 1.807) is 0 Å². The van der Waals surface area contributed by atoms with Crippen molar-refractivity contribution in [2.75, 3.05) is 11.9 Å². The lowest BCUT2D eigenvalue weighted by Crippen LogP contribution is -2.47. The number of benzene rings is 1. The molecule has 0 amide bonds. The van der Waals surface area contributed by atoms with Crippen molar-refractivity contribution in [1.29, 1.82) is 0 Å². The fourth-order valence-corrected chi connectivity index (χ4v) is 5.52. The molecule has 0 atom stereocenters. The van der Waals surface area contributed by atoms with E-state index in [1.165, 1.54) is 32.1 Å². The van der Waals surface area contributed by atoms with Crippen LogP contribution in [0, 0.1) is 5.41 Å². The molecule has 4 saturated carbocycles. The third kappa shape index (κ3) is 3.85. The fraction of sp³-hybridized carbons (Fsp3) is 0.615. The van der Waals surface area contributed by atoms with Crippen LogP contribution < -0.4 is 5.32 Å². The third-order valence-electron chi connectivity index (χ3n) is 8.10. The molecule has 2 aromatic heterocycles. The van der Waals surface area contributed by atoms with Gasteiger partial charge in [-0.15, -0.1) is 0 Å². The van der Waals surface area contributed by atoms with E-state index in [4.69, 9.17) is 14.0 Å². The Morgan fingerprint density at radius 2 is 1.73 bits per heavy atom. The van der Waals surface area contributed by atoms with Crippen LogP contribution in [0.1, 0.15) is 95.6 Å². The minimum absolute atomic E-state index is 0.103. The fourth-order valence-electron chi connectivity index (χ4n) is 5.52. The van der Waals surface area contributed by atoms with Gasteiger partial charge in [-0.3, -0.25) is 0 Å². The van der Waals surface area contributed by atoms with Crippen LogP contribution in [0.25, 0.3) is 11.5 Å². The average Bonchev–Trinajstić information content (AvgIpc) is 3.33. The van der Waals surface area contributed by atoms with Crippen LogP contribution in [0.5, 0.6) is 0 Å². The van der Waals surface area contributed by atoms with Crippen molar-refractivity contribution < 1.29 is 9.05 Å². The summed E-state index contributed by atoms with van der Waals surface area (Å²) in [7, 11) is 0. The van der Waals surface area contributed by atoms with E-state index in [-0.39, 0.29) is 10.8 Å².